The van der Waals surface area contributed by atoms with E-state index in [2.05, 4.69) is 27.6 Å². The van der Waals surface area contributed by atoms with E-state index in [-0.39, 0.29) is 6.54 Å². The summed E-state index contributed by atoms with van der Waals surface area (Å²) in [5, 5.41) is 17.3. The standard InChI is InChI=1S/C18H32N4O2/c1-5-19-17(20-12-15-8-10-22(4)11-9-15)21-13-18(3,23)16-7-6-14(2)24-16/h6-7,15,23H,5,8-13H2,1-4H3,(H2,19,20,21). The number of rotatable bonds is 6. The van der Waals surface area contributed by atoms with E-state index < -0.39 is 5.60 Å². The molecule has 1 saturated heterocycles. The van der Waals surface area contributed by atoms with E-state index in [1.807, 2.05) is 26.0 Å². The van der Waals surface area contributed by atoms with E-state index in [9.17, 15) is 5.11 Å². The van der Waals surface area contributed by atoms with E-state index in [1.165, 1.54) is 12.8 Å². The van der Waals surface area contributed by atoms with Crippen LogP contribution in [-0.2, 0) is 5.60 Å². The number of furan rings is 1. The predicted molar refractivity (Wildman–Crippen MR) is 97.2 cm³/mol. The van der Waals surface area contributed by atoms with Crippen molar-refractivity contribution in [1.29, 1.82) is 0 Å². The summed E-state index contributed by atoms with van der Waals surface area (Å²) in [5.74, 6) is 2.77. The Morgan fingerprint density at radius 1 is 1.38 bits per heavy atom. The molecule has 2 rings (SSSR count). The maximum absolute atomic E-state index is 10.6. The second-order valence-electron chi connectivity index (χ2n) is 7.01. The van der Waals surface area contributed by atoms with Gasteiger partial charge in [-0.25, -0.2) is 4.99 Å². The minimum Gasteiger partial charge on any atom is -0.463 e. The predicted octanol–water partition coefficient (Wildman–Crippen LogP) is 1.69. The van der Waals surface area contributed by atoms with Gasteiger partial charge in [-0.2, -0.15) is 0 Å². The van der Waals surface area contributed by atoms with Gasteiger partial charge in [0.1, 0.15) is 17.1 Å². The van der Waals surface area contributed by atoms with Gasteiger partial charge in [0.25, 0.3) is 0 Å². The molecule has 1 atom stereocenters. The van der Waals surface area contributed by atoms with Crippen LogP contribution in [-0.4, -0.2) is 55.7 Å². The Labute approximate surface area is 145 Å². The molecule has 6 nitrogen and oxygen atoms in total. The van der Waals surface area contributed by atoms with E-state index in [0.717, 1.165) is 37.9 Å². The number of piperidine rings is 1. The van der Waals surface area contributed by atoms with Gasteiger partial charge in [-0.05, 0) is 71.8 Å². The van der Waals surface area contributed by atoms with Crippen LogP contribution in [0.2, 0.25) is 0 Å². The first-order valence-corrected chi connectivity index (χ1v) is 8.90. The summed E-state index contributed by atoms with van der Waals surface area (Å²) < 4.78 is 5.54. The van der Waals surface area contributed by atoms with Gasteiger partial charge in [-0.1, -0.05) is 0 Å². The molecule has 1 aromatic heterocycles. The monoisotopic (exact) mass is 336 g/mol. The maximum Gasteiger partial charge on any atom is 0.191 e. The van der Waals surface area contributed by atoms with Crippen LogP contribution in [0.4, 0.5) is 0 Å². The minimum atomic E-state index is -1.11. The van der Waals surface area contributed by atoms with Crippen molar-refractivity contribution in [2.75, 3.05) is 39.8 Å². The van der Waals surface area contributed by atoms with Crippen LogP contribution >= 0.6 is 0 Å². The Morgan fingerprint density at radius 2 is 2.08 bits per heavy atom. The summed E-state index contributed by atoms with van der Waals surface area (Å²) in [5.41, 5.74) is -1.11. The van der Waals surface area contributed by atoms with Crippen molar-refractivity contribution >= 4 is 5.96 Å². The number of aliphatic hydroxyl groups is 1. The summed E-state index contributed by atoms with van der Waals surface area (Å²) in [6.45, 7) is 9.93. The molecule has 0 aliphatic carbocycles. The summed E-state index contributed by atoms with van der Waals surface area (Å²) in [4.78, 5) is 6.92. The van der Waals surface area contributed by atoms with Gasteiger partial charge in [-0.15, -0.1) is 0 Å². The molecule has 1 aliphatic rings. The number of hydrogen-bond donors (Lipinski definition) is 3. The van der Waals surface area contributed by atoms with Crippen molar-refractivity contribution in [3.05, 3.63) is 23.7 Å². The molecule has 0 radical (unpaired) electrons. The van der Waals surface area contributed by atoms with Crippen LogP contribution in [0.15, 0.2) is 21.5 Å². The highest BCUT2D eigenvalue weighted by Crippen LogP contribution is 2.23. The molecule has 0 bridgehead atoms. The zero-order valence-corrected chi connectivity index (χ0v) is 15.4. The molecule has 2 heterocycles. The van der Waals surface area contributed by atoms with Crippen molar-refractivity contribution < 1.29 is 9.52 Å². The van der Waals surface area contributed by atoms with Gasteiger partial charge < -0.3 is 25.1 Å². The Bertz CT molecular complexity index is 531. The molecule has 0 aromatic carbocycles. The molecule has 136 valence electrons. The maximum atomic E-state index is 10.6. The molecule has 1 unspecified atom stereocenters. The average molecular weight is 336 g/mol. The van der Waals surface area contributed by atoms with E-state index in [1.54, 1.807) is 6.92 Å². The third-order valence-corrected chi connectivity index (χ3v) is 4.56. The number of aryl methyl sites for hydroxylation is 1. The smallest absolute Gasteiger partial charge is 0.191 e. The summed E-state index contributed by atoms with van der Waals surface area (Å²) >= 11 is 0. The Morgan fingerprint density at radius 3 is 2.67 bits per heavy atom. The lowest BCUT2D eigenvalue weighted by atomic mass is 9.97. The number of nitrogens with one attached hydrogen (secondary N) is 2. The molecule has 1 aromatic rings. The lowest BCUT2D eigenvalue weighted by molar-refractivity contribution is 0.0428. The second kappa shape index (κ2) is 8.53. The molecule has 1 fully saturated rings. The number of aliphatic imine (C=N–C) groups is 1. The van der Waals surface area contributed by atoms with Crippen molar-refractivity contribution in [1.82, 2.24) is 15.5 Å². The van der Waals surface area contributed by atoms with Gasteiger partial charge in [-0.3, -0.25) is 0 Å². The van der Waals surface area contributed by atoms with Crippen molar-refractivity contribution in [3.8, 4) is 0 Å². The first kappa shape index (κ1) is 18.8. The molecular formula is C18H32N4O2. The molecule has 1 aliphatic heterocycles. The van der Waals surface area contributed by atoms with Gasteiger partial charge >= 0.3 is 0 Å². The molecule has 3 N–H and O–H groups in total. The fraction of sp³-hybridized carbons (Fsp3) is 0.722. The van der Waals surface area contributed by atoms with Gasteiger partial charge in [0, 0.05) is 13.1 Å². The first-order chi connectivity index (χ1) is 11.4. The number of guanidine groups is 1. The quantitative estimate of drug-likeness (QED) is 0.545. The van der Waals surface area contributed by atoms with Crippen molar-refractivity contribution in [3.63, 3.8) is 0 Å². The molecule has 0 spiro atoms. The highest BCUT2D eigenvalue weighted by Gasteiger charge is 2.26. The second-order valence-corrected chi connectivity index (χ2v) is 7.01. The van der Waals surface area contributed by atoms with Crippen molar-refractivity contribution in [2.24, 2.45) is 10.9 Å². The van der Waals surface area contributed by atoms with E-state index in [4.69, 9.17) is 4.42 Å². The number of likely N-dealkylation sites (tertiary alicyclic amines) is 1. The summed E-state index contributed by atoms with van der Waals surface area (Å²) in [6.07, 6.45) is 2.43. The molecule has 0 saturated carbocycles. The fourth-order valence-electron chi connectivity index (χ4n) is 2.88. The van der Waals surface area contributed by atoms with E-state index in [0.29, 0.717) is 11.7 Å². The first-order valence-electron chi connectivity index (χ1n) is 8.90. The zero-order valence-electron chi connectivity index (χ0n) is 15.4. The number of nitrogens with zero attached hydrogens (tertiary/aromatic N) is 2. The SMILES string of the molecule is CCNC(=NCC(C)(O)c1ccc(C)o1)NCC1CCN(C)CC1. The Balaban J connectivity index is 1.90. The molecule has 24 heavy (non-hydrogen) atoms. The van der Waals surface area contributed by atoms with Crippen molar-refractivity contribution in [2.45, 2.75) is 39.2 Å². The molecule has 6 heteroatoms. The lowest BCUT2D eigenvalue weighted by Gasteiger charge is -2.29. The summed E-state index contributed by atoms with van der Waals surface area (Å²) in [6, 6.07) is 3.67. The number of hydrogen-bond acceptors (Lipinski definition) is 4. The topological polar surface area (TPSA) is 73.0 Å². The largest absolute Gasteiger partial charge is 0.463 e. The summed E-state index contributed by atoms with van der Waals surface area (Å²) in [7, 11) is 2.17. The average Bonchev–Trinajstić information content (AvgIpc) is 2.99. The highest BCUT2D eigenvalue weighted by atomic mass is 16.4. The lowest BCUT2D eigenvalue weighted by Crippen LogP contribution is -2.43. The van der Waals surface area contributed by atoms with Gasteiger partial charge in [0.15, 0.2) is 5.96 Å². The van der Waals surface area contributed by atoms with Crippen LogP contribution in [0.25, 0.3) is 0 Å². The normalized spacial score (nSPS) is 20.0. The third kappa shape index (κ3) is 5.53. The van der Waals surface area contributed by atoms with Gasteiger partial charge in [0.05, 0.1) is 6.54 Å². The Hall–Kier alpha value is -1.53. The Kier molecular flexibility index (Phi) is 6.69. The van der Waals surface area contributed by atoms with Crippen LogP contribution in [0.5, 0.6) is 0 Å². The van der Waals surface area contributed by atoms with E-state index >= 15 is 0 Å². The molecule has 0 amide bonds. The fourth-order valence-corrected chi connectivity index (χ4v) is 2.88. The van der Waals surface area contributed by atoms with Crippen LogP contribution < -0.4 is 10.6 Å². The highest BCUT2D eigenvalue weighted by molar-refractivity contribution is 5.79. The zero-order chi connectivity index (χ0) is 17.6. The van der Waals surface area contributed by atoms with Crippen LogP contribution in [0.1, 0.15) is 38.2 Å². The van der Waals surface area contributed by atoms with Crippen LogP contribution in [0, 0.1) is 12.8 Å². The van der Waals surface area contributed by atoms with Gasteiger partial charge in [0.2, 0.25) is 0 Å². The minimum absolute atomic E-state index is 0.253. The van der Waals surface area contributed by atoms with Crippen LogP contribution in [0.3, 0.4) is 0 Å². The third-order valence-electron chi connectivity index (χ3n) is 4.56. The molecular weight excluding hydrogens is 304 g/mol.